The zero-order chi connectivity index (χ0) is 13.9. The van der Waals surface area contributed by atoms with Crippen molar-refractivity contribution in [1.29, 1.82) is 0 Å². The van der Waals surface area contributed by atoms with Gasteiger partial charge in [-0.15, -0.1) is 11.8 Å². The summed E-state index contributed by atoms with van der Waals surface area (Å²) < 4.78 is 0. The first-order valence-corrected chi connectivity index (χ1v) is 11.5. The maximum absolute atomic E-state index is 2.45. The van der Waals surface area contributed by atoms with Crippen LogP contribution in [0.2, 0.25) is 19.6 Å². The Balaban J connectivity index is 2.43. The van der Waals surface area contributed by atoms with Crippen LogP contribution in [0.1, 0.15) is 16.7 Å². The summed E-state index contributed by atoms with van der Waals surface area (Å²) in [6.07, 6.45) is 2.13. The first kappa shape index (κ1) is 14.4. The van der Waals surface area contributed by atoms with Crippen LogP contribution >= 0.6 is 11.8 Å². The van der Waals surface area contributed by atoms with Gasteiger partial charge in [-0.05, 0) is 29.5 Å². The van der Waals surface area contributed by atoms with Gasteiger partial charge in [0.2, 0.25) is 0 Å². The first-order valence-electron chi connectivity index (χ1n) is 6.71. The molecule has 0 radical (unpaired) electrons. The van der Waals surface area contributed by atoms with Gasteiger partial charge in [0.25, 0.3) is 0 Å². The molecular weight excluding hydrogens is 264 g/mol. The summed E-state index contributed by atoms with van der Waals surface area (Å²) in [4.78, 5) is 1.34. The molecule has 0 nitrogen and oxygen atoms in total. The van der Waals surface area contributed by atoms with Crippen molar-refractivity contribution in [2.24, 2.45) is 0 Å². The van der Waals surface area contributed by atoms with Crippen LogP contribution in [0.4, 0.5) is 0 Å². The molecule has 2 rings (SSSR count). The number of hydrogen-bond donors (Lipinski definition) is 0. The van der Waals surface area contributed by atoms with Gasteiger partial charge in [-0.3, -0.25) is 0 Å². The molecule has 0 aromatic heterocycles. The highest BCUT2D eigenvalue weighted by Crippen LogP contribution is 2.34. The molecule has 2 aromatic carbocycles. The van der Waals surface area contributed by atoms with E-state index >= 15 is 0 Å². The van der Waals surface area contributed by atoms with Crippen molar-refractivity contribution >= 4 is 19.8 Å². The summed E-state index contributed by atoms with van der Waals surface area (Å²) in [7, 11) is -1.30. The topological polar surface area (TPSA) is 0 Å². The number of thioether (sulfide) groups is 1. The Kier molecular flexibility index (Phi) is 4.53. The quantitative estimate of drug-likeness (QED) is 0.534. The second kappa shape index (κ2) is 5.97. The summed E-state index contributed by atoms with van der Waals surface area (Å²) in [6, 6.07) is 20.0. The summed E-state index contributed by atoms with van der Waals surface area (Å²) >= 11 is 1.80. The third-order valence-electron chi connectivity index (χ3n) is 3.45. The van der Waals surface area contributed by atoms with E-state index in [1.54, 1.807) is 11.8 Å². The maximum Gasteiger partial charge on any atom is 0.0573 e. The molecule has 0 bridgehead atoms. The van der Waals surface area contributed by atoms with E-state index < -0.39 is 8.07 Å². The predicted molar refractivity (Wildman–Crippen MR) is 89.9 cm³/mol. The molecule has 2 aromatic rings. The molecular formula is C17H22SSi. The van der Waals surface area contributed by atoms with Crippen molar-refractivity contribution in [2.75, 3.05) is 6.26 Å². The highest BCUT2D eigenvalue weighted by atomic mass is 32.2. The normalized spacial score (nSPS) is 13.3. The van der Waals surface area contributed by atoms with E-state index in [2.05, 4.69) is 80.5 Å². The smallest absolute Gasteiger partial charge is 0.0573 e. The fraction of sp³-hybridized carbons (Fsp3) is 0.294. The average Bonchev–Trinajstić information content (AvgIpc) is 2.39. The highest BCUT2D eigenvalue weighted by Gasteiger charge is 2.29. The lowest BCUT2D eigenvalue weighted by molar-refractivity contribution is 1.07. The van der Waals surface area contributed by atoms with Crippen molar-refractivity contribution in [3.8, 4) is 0 Å². The minimum absolute atomic E-state index is 0.574. The van der Waals surface area contributed by atoms with Crippen molar-refractivity contribution in [1.82, 2.24) is 0 Å². The van der Waals surface area contributed by atoms with E-state index in [0.29, 0.717) is 5.54 Å². The molecule has 2 heteroatoms. The number of rotatable bonds is 4. The molecule has 1 unspecified atom stereocenters. The number of hydrogen-bond acceptors (Lipinski definition) is 1. The Bertz CT molecular complexity index is 511. The van der Waals surface area contributed by atoms with Crippen LogP contribution in [-0.2, 0) is 0 Å². The molecule has 0 saturated carbocycles. The summed E-state index contributed by atoms with van der Waals surface area (Å²) in [5.74, 6) is 0. The zero-order valence-corrected chi connectivity index (χ0v) is 14.0. The van der Waals surface area contributed by atoms with Crippen molar-refractivity contribution in [2.45, 2.75) is 30.1 Å². The van der Waals surface area contributed by atoms with Crippen molar-refractivity contribution in [3.63, 3.8) is 0 Å². The van der Waals surface area contributed by atoms with Gasteiger partial charge in [-0.25, -0.2) is 0 Å². The summed E-state index contributed by atoms with van der Waals surface area (Å²) in [6.45, 7) is 7.35. The molecule has 0 amide bonds. The Hall–Kier alpha value is -0.993. The van der Waals surface area contributed by atoms with E-state index in [0.717, 1.165) is 0 Å². The Morgan fingerprint density at radius 3 is 1.79 bits per heavy atom. The maximum atomic E-state index is 2.45. The van der Waals surface area contributed by atoms with Crippen LogP contribution in [0.15, 0.2) is 59.5 Å². The lowest BCUT2D eigenvalue weighted by Gasteiger charge is -2.30. The van der Waals surface area contributed by atoms with Crippen LogP contribution in [0, 0.1) is 0 Å². The molecule has 0 saturated heterocycles. The van der Waals surface area contributed by atoms with Crippen molar-refractivity contribution in [3.05, 3.63) is 65.7 Å². The van der Waals surface area contributed by atoms with Crippen LogP contribution < -0.4 is 0 Å². The van der Waals surface area contributed by atoms with Gasteiger partial charge in [0.1, 0.15) is 0 Å². The third kappa shape index (κ3) is 3.52. The van der Waals surface area contributed by atoms with E-state index in [9.17, 15) is 0 Å². The van der Waals surface area contributed by atoms with Gasteiger partial charge in [-0.2, -0.15) is 0 Å². The molecule has 100 valence electrons. The molecule has 0 spiro atoms. The van der Waals surface area contributed by atoms with E-state index in [1.807, 2.05) is 0 Å². The molecule has 0 N–H and O–H groups in total. The molecule has 0 fully saturated rings. The highest BCUT2D eigenvalue weighted by molar-refractivity contribution is 7.98. The fourth-order valence-corrected chi connectivity index (χ4v) is 5.43. The molecule has 0 aliphatic rings. The van der Waals surface area contributed by atoms with Crippen LogP contribution in [0.5, 0.6) is 0 Å². The minimum atomic E-state index is -1.30. The molecule has 0 aliphatic carbocycles. The molecule has 0 heterocycles. The average molecular weight is 287 g/mol. The second-order valence-electron chi connectivity index (χ2n) is 5.98. The fourth-order valence-electron chi connectivity index (χ4n) is 2.63. The minimum Gasteiger partial charge on any atom is -0.130 e. The lowest BCUT2D eigenvalue weighted by atomic mass is 10.0. The van der Waals surface area contributed by atoms with Gasteiger partial charge in [0.15, 0.2) is 0 Å². The standard InChI is InChI=1S/C17H22SSi/c1-18-16-12-10-15(11-13-16)17(19(2,3)4)14-8-6-5-7-9-14/h5-13,17H,1-4H3. The van der Waals surface area contributed by atoms with Gasteiger partial charge in [0, 0.05) is 10.4 Å². The van der Waals surface area contributed by atoms with Crippen LogP contribution in [-0.4, -0.2) is 14.3 Å². The Labute approximate surface area is 122 Å². The molecule has 19 heavy (non-hydrogen) atoms. The van der Waals surface area contributed by atoms with Gasteiger partial charge in [-0.1, -0.05) is 62.1 Å². The van der Waals surface area contributed by atoms with Crippen LogP contribution in [0.3, 0.4) is 0 Å². The van der Waals surface area contributed by atoms with E-state index in [-0.39, 0.29) is 0 Å². The lowest BCUT2D eigenvalue weighted by Crippen LogP contribution is -2.31. The first-order chi connectivity index (χ1) is 9.02. The van der Waals surface area contributed by atoms with E-state index in [1.165, 1.54) is 16.0 Å². The predicted octanol–water partition coefficient (Wildman–Crippen LogP) is 5.42. The Morgan fingerprint density at radius 2 is 1.32 bits per heavy atom. The summed E-state index contributed by atoms with van der Waals surface area (Å²) in [5, 5.41) is 0. The molecule has 1 atom stereocenters. The molecule has 0 aliphatic heterocycles. The van der Waals surface area contributed by atoms with Gasteiger partial charge >= 0.3 is 0 Å². The third-order valence-corrected chi connectivity index (χ3v) is 6.59. The second-order valence-corrected chi connectivity index (χ2v) is 12.2. The number of benzene rings is 2. The SMILES string of the molecule is CSc1ccc(C(c2ccccc2)[Si](C)(C)C)cc1. The van der Waals surface area contributed by atoms with Gasteiger partial charge in [0.05, 0.1) is 8.07 Å². The summed E-state index contributed by atoms with van der Waals surface area (Å²) in [5.41, 5.74) is 3.49. The van der Waals surface area contributed by atoms with Crippen molar-refractivity contribution < 1.29 is 0 Å². The van der Waals surface area contributed by atoms with Crippen LogP contribution in [0.25, 0.3) is 0 Å². The zero-order valence-electron chi connectivity index (χ0n) is 12.2. The monoisotopic (exact) mass is 286 g/mol. The largest absolute Gasteiger partial charge is 0.130 e. The van der Waals surface area contributed by atoms with E-state index in [4.69, 9.17) is 0 Å². The Morgan fingerprint density at radius 1 is 0.789 bits per heavy atom. The van der Waals surface area contributed by atoms with Gasteiger partial charge < -0.3 is 0 Å².